The second-order valence-corrected chi connectivity index (χ2v) is 4.59. The van der Waals surface area contributed by atoms with Crippen molar-refractivity contribution in [3.8, 4) is 0 Å². The van der Waals surface area contributed by atoms with Crippen LogP contribution >= 0.6 is 0 Å². The minimum absolute atomic E-state index is 0.0486. The topological polar surface area (TPSA) is 49.7 Å². The van der Waals surface area contributed by atoms with Crippen molar-refractivity contribution in [3.05, 3.63) is 77.4 Å². The zero-order chi connectivity index (χ0) is 15.2. The standard InChI is InChI=1S/C18H17NO2/c1-13(19-2)16(17(20)14-9-5-3-6-10-14)18(21)15-11-7-4-8-12-15/h3-12,20H,1-2H3/b17-16-,19-13?. The first-order valence-corrected chi connectivity index (χ1v) is 6.67. The average molecular weight is 279 g/mol. The molecule has 0 saturated carbocycles. The van der Waals surface area contributed by atoms with Gasteiger partial charge in [0.15, 0.2) is 5.78 Å². The van der Waals surface area contributed by atoms with Crippen molar-refractivity contribution in [2.45, 2.75) is 6.92 Å². The summed E-state index contributed by atoms with van der Waals surface area (Å²) >= 11 is 0. The maximum Gasteiger partial charge on any atom is 0.198 e. The van der Waals surface area contributed by atoms with Gasteiger partial charge in [0.05, 0.1) is 5.57 Å². The summed E-state index contributed by atoms with van der Waals surface area (Å²) < 4.78 is 0. The molecule has 21 heavy (non-hydrogen) atoms. The van der Waals surface area contributed by atoms with Gasteiger partial charge in [-0.1, -0.05) is 60.7 Å². The number of aliphatic hydroxyl groups excluding tert-OH is 1. The number of allylic oxidation sites excluding steroid dienone is 1. The minimum atomic E-state index is -0.236. The molecule has 0 amide bonds. The number of carbonyl (C=O) groups is 1. The van der Waals surface area contributed by atoms with Crippen molar-refractivity contribution in [1.82, 2.24) is 0 Å². The van der Waals surface area contributed by atoms with E-state index in [9.17, 15) is 9.90 Å². The average Bonchev–Trinajstić information content (AvgIpc) is 2.56. The molecule has 0 radical (unpaired) electrons. The van der Waals surface area contributed by atoms with Gasteiger partial charge in [0.2, 0.25) is 0 Å². The van der Waals surface area contributed by atoms with E-state index in [0.29, 0.717) is 16.8 Å². The predicted molar refractivity (Wildman–Crippen MR) is 85.8 cm³/mol. The van der Waals surface area contributed by atoms with E-state index in [1.165, 1.54) is 0 Å². The smallest absolute Gasteiger partial charge is 0.198 e. The van der Waals surface area contributed by atoms with Crippen LogP contribution in [0.25, 0.3) is 5.76 Å². The van der Waals surface area contributed by atoms with E-state index in [2.05, 4.69) is 4.99 Å². The highest BCUT2D eigenvalue weighted by atomic mass is 16.3. The van der Waals surface area contributed by atoms with Crippen LogP contribution in [-0.2, 0) is 0 Å². The Morgan fingerprint density at radius 1 is 0.905 bits per heavy atom. The number of nitrogens with zero attached hydrogens (tertiary/aromatic N) is 1. The van der Waals surface area contributed by atoms with Crippen molar-refractivity contribution >= 4 is 17.3 Å². The van der Waals surface area contributed by atoms with Crippen LogP contribution < -0.4 is 0 Å². The summed E-state index contributed by atoms with van der Waals surface area (Å²) in [6.45, 7) is 1.72. The molecule has 0 fully saturated rings. The van der Waals surface area contributed by atoms with Gasteiger partial charge < -0.3 is 5.11 Å². The summed E-state index contributed by atoms with van der Waals surface area (Å²) in [4.78, 5) is 16.7. The second-order valence-electron chi connectivity index (χ2n) is 4.59. The zero-order valence-electron chi connectivity index (χ0n) is 12.1. The first kappa shape index (κ1) is 14.7. The fourth-order valence-electron chi connectivity index (χ4n) is 2.03. The third kappa shape index (κ3) is 3.26. The first-order valence-electron chi connectivity index (χ1n) is 6.67. The molecule has 1 N–H and O–H groups in total. The highest BCUT2D eigenvalue weighted by Gasteiger charge is 2.20. The molecule has 0 saturated heterocycles. The number of Topliss-reactive ketones (excluding diaryl/α,β-unsaturated/α-hetero) is 1. The predicted octanol–water partition coefficient (Wildman–Crippen LogP) is 3.93. The lowest BCUT2D eigenvalue weighted by Crippen LogP contribution is -2.13. The Balaban J connectivity index is 2.57. The van der Waals surface area contributed by atoms with Gasteiger partial charge in [-0.3, -0.25) is 9.79 Å². The molecule has 0 aliphatic rings. The fraction of sp³-hybridized carbons (Fsp3) is 0.111. The third-order valence-electron chi connectivity index (χ3n) is 3.24. The lowest BCUT2D eigenvalue weighted by molar-refractivity contribution is 0.103. The van der Waals surface area contributed by atoms with E-state index in [1.54, 1.807) is 50.4 Å². The van der Waals surface area contributed by atoms with Gasteiger partial charge in [-0.05, 0) is 6.92 Å². The number of benzene rings is 2. The monoisotopic (exact) mass is 279 g/mol. The number of carbonyl (C=O) groups excluding carboxylic acids is 1. The lowest BCUT2D eigenvalue weighted by atomic mass is 9.96. The van der Waals surface area contributed by atoms with Crippen molar-refractivity contribution < 1.29 is 9.90 Å². The lowest BCUT2D eigenvalue weighted by Gasteiger charge is -2.10. The summed E-state index contributed by atoms with van der Waals surface area (Å²) in [7, 11) is 1.60. The molecular weight excluding hydrogens is 262 g/mol. The van der Waals surface area contributed by atoms with Crippen LogP contribution in [0.2, 0.25) is 0 Å². The van der Waals surface area contributed by atoms with Crippen LogP contribution in [-0.4, -0.2) is 23.6 Å². The molecule has 2 aromatic carbocycles. The van der Waals surface area contributed by atoms with Gasteiger partial charge in [0.1, 0.15) is 5.76 Å². The summed E-state index contributed by atoms with van der Waals surface area (Å²) in [5.41, 5.74) is 1.86. The van der Waals surface area contributed by atoms with Crippen LogP contribution in [0, 0.1) is 0 Å². The van der Waals surface area contributed by atoms with E-state index in [1.807, 2.05) is 24.3 Å². The SMILES string of the molecule is CN=C(C)/C(C(=O)c1ccccc1)=C(/O)c1ccccc1. The summed E-state index contributed by atoms with van der Waals surface area (Å²) in [5.74, 6) is -0.285. The molecule has 0 unspecified atom stereocenters. The van der Waals surface area contributed by atoms with Gasteiger partial charge >= 0.3 is 0 Å². The van der Waals surface area contributed by atoms with E-state index >= 15 is 0 Å². The molecule has 0 aliphatic heterocycles. The molecule has 0 heterocycles. The highest BCUT2D eigenvalue weighted by molar-refractivity contribution is 6.30. The summed E-state index contributed by atoms with van der Waals surface area (Å²) in [6.07, 6.45) is 0. The Labute approximate surface area is 124 Å². The van der Waals surface area contributed by atoms with Crippen LogP contribution in [0.5, 0.6) is 0 Å². The first-order chi connectivity index (χ1) is 10.1. The molecule has 106 valence electrons. The fourth-order valence-corrected chi connectivity index (χ4v) is 2.03. The van der Waals surface area contributed by atoms with Crippen LogP contribution in [0.3, 0.4) is 0 Å². The Morgan fingerprint density at radius 2 is 1.38 bits per heavy atom. The normalized spacial score (nSPS) is 12.8. The molecule has 3 nitrogen and oxygen atoms in total. The third-order valence-corrected chi connectivity index (χ3v) is 3.24. The Bertz CT molecular complexity index is 686. The number of hydrogen-bond donors (Lipinski definition) is 1. The number of ketones is 1. The van der Waals surface area contributed by atoms with Gasteiger partial charge in [-0.25, -0.2) is 0 Å². The molecule has 0 aromatic heterocycles. The van der Waals surface area contributed by atoms with E-state index < -0.39 is 0 Å². The molecule has 2 rings (SSSR count). The molecule has 0 aliphatic carbocycles. The van der Waals surface area contributed by atoms with Gasteiger partial charge in [-0.15, -0.1) is 0 Å². The van der Waals surface area contributed by atoms with E-state index in [-0.39, 0.29) is 17.1 Å². The molecule has 3 heteroatoms. The maximum absolute atomic E-state index is 12.7. The molecule has 0 spiro atoms. The van der Waals surface area contributed by atoms with Crippen molar-refractivity contribution in [3.63, 3.8) is 0 Å². The second kappa shape index (κ2) is 6.66. The Hall–Kier alpha value is -2.68. The highest BCUT2D eigenvalue weighted by Crippen LogP contribution is 2.20. The number of hydrogen-bond acceptors (Lipinski definition) is 3. The number of aliphatic hydroxyl groups is 1. The van der Waals surface area contributed by atoms with E-state index in [0.717, 1.165) is 0 Å². The summed E-state index contributed by atoms with van der Waals surface area (Å²) in [6, 6.07) is 17.9. The molecule has 0 bridgehead atoms. The number of aliphatic imine (C=N–C) groups is 1. The van der Waals surface area contributed by atoms with E-state index in [4.69, 9.17) is 0 Å². The van der Waals surface area contributed by atoms with Gasteiger partial charge in [-0.2, -0.15) is 0 Å². The summed E-state index contributed by atoms with van der Waals surface area (Å²) in [5, 5.41) is 10.5. The maximum atomic E-state index is 12.7. The van der Waals surface area contributed by atoms with Crippen LogP contribution in [0.1, 0.15) is 22.8 Å². The molecule has 2 aromatic rings. The largest absolute Gasteiger partial charge is 0.506 e. The quantitative estimate of drug-likeness (QED) is 0.399. The van der Waals surface area contributed by atoms with Gasteiger partial charge in [0.25, 0.3) is 0 Å². The zero-order valence-corrected chi connectivity index (χ0v) is 12.1. The van der Waals surface area contributed by atoms with Crippen LogP contribution in [0.15, 0.2) is 71.2 Å². The van der Waals surface area contributed by atoms with Crippen molar-refractivity contribution in [1.29, 1.82) is 0 Å². The minimum Gasteiger partial charge on any atom is -0.506 e. The van der Waals surface area contributed by atoms with Crippen molar-refractivity contribution in [2.75, 3.05) is 7.05 Å². The van der Waals surface area contributed by atoms with Gasteiger partial charge in [0, 0.05) is 23.9 Å². The molecule has 0 atom stereocenters. The molecular formula is C18H17NO2. The number of rotatable bonds is 4. The van der Waals surface area contributed by atoms with Crippen molar-refractivity contribution in [2.24, 2.45) is 4.99 Å². The Kier molecular flexibility index (Phi) is 4.67. The van der Waals surface area contributed by atoms with Crippen LogP contribution in [0.4, 0.5) is 0 Å². The Morgan fingerprint density at radius 3 is 1.86 bits per heavy atom.